The van der Waals surface area contributed by atoms with Crippen molar-refractivity contribution in [2.24, 2.45) is 11.3 Å². The summed E-state index contributed by atoms with van der Waals surface area (Å²) in [7, 11) is 0. The van der Waals surface area contributed by atoms with E-state index in [0.717, 1.165) is 18.4 Å². The van der Waals surface area contributed by atoms with Crippen molar-refractivity contribution in [3.8, 4) is 5.75 Å². The Morgan fingerprint density at radius 3 is 2.26 bits per heavy atom. The Hall–Kier alpha value is -3.12. The van der Waals surface area contributed by atoms with Gasteiger partial charge in [0, 0.05) is 25.1 Å². The minimum Gasteiger partial charge on any atom is -0.486 e. The maximum Gasteiger partial charge on any atom is 0.416 e. The average molecular weight is 599 g/mol. The van der Waals surface area contributed by atoms with Gasteiger partial charge in [-0.1, -0.05) is 18.9 Å². The van der Waals surface area contributed by atoms with Crippen LogP contribution < -0.4 is 10.1 Å². The topological polar surface area (TPSA) is 78.9 Å². The van der Waals surface area contributed by atoms with Crippen molar-refractivity contribution in [1.29, 1.82) is 0 Å². The number of Topliss-reactive ketones (excluding diaryl/α,β-unsaturated/α-hetero) is 1. The van der Waals surface area contributed by atoms with E-state index >= 15 is 0 Å². The number of piperidine rings is 1. The molecule has 2 N–H and O–H groups in total. The van der Waals surface area contributed by atoms with Gasteiger partial charge in [0.25, 0.3) is 0 Å². The van der Waals surface area contributed by atoms with Crippen LogP contribution in [0.2, 0.25) is 0 Å². The molecular formula is C30H32F6N2O4. The van der Waals surface area contributed by atoms with Crippen LogP contribution in [0.5, 0.6) is 5.75 Å². The van der Waals surface area contributed by atoms with Gasteiger partial charge in [0.1, 0.15) is 12.4 Å². The highest BCUT2D eigenvalue weighted by Gasteiger charge is 2.45. The summed E-state index contributed by atoms with van der Waals surface area (Å²) in [5.74, 6) is 0.571. The lowest BCUT2D eigenvalue weighted by molar-refractivity contribution is -0.143. The minimum absolute atomic E-state index is 0.0351. The van der Waals surface area contributed by atoms with Crippen LogP contribution in [0.3, 0.4) is 0 Å². The van der Waals surface area contributed by atoms with Crippen LogP contribution in [0.25, 0.3) is 0 Å². The molecule has 2 fully saturated rings. The maximum atomic E-state index is 13.5. The second-order valence-electron chi connectivity index (χ2n) is 11.7. The number of hydrogen-bond donors (Lipinski definition) is 2. The zero-order chi connectivity index (χ0) is 30.3. The Morgan fingerprint density at radius 2 is 1.67 bits per heavy atom. The molecular weight excluding hydrogens is 566 g/mol. The fourth-order valence-corrected chi connectivity index (χ4v) is 5.91. The molecule has 2 aromatic rings. The molecule has 2 heterocycles. The SMILES string of the molecule is O=C1COc2ccc(C(O)CN3CCC(CC4CC4)(C(=O)NCc4cc(C(F)(F)F)cc(C(F)(F)F)c4)CC3)cc2C1. The first-order valence-electron chi connectivity index (χ1n) is 14.0. The monoisotopic (exact) mass is 598 g/mol. The number of aliphatic hydroxyl groups is 1. The van der Waals surface area contributed by atoms with E-state index in [2.05, 4.69) is 5.32 Å². The molecule has 0 aromatic heterocycles. The average Bonchev–Trinajstić information content (AvgIpc) is 3.75. The highest BCUT2D eigenvalue weighted by atomic mass is 19.4. The van der Waals surface area contributed by atoms with Crippen LogP contribution >= 0.6 is 0 Å². The summed E-state index contributed by atoms with van der Waals surface area (Å²) in [6.45, 7) is 0.870. The van der Waals surface area contributed by atoms with Crippen molar-refractivity contribution < 1.29 is 45.8 Å². The van der Waals surface area contributed by atoms with E-state index in [1.54, 1.807) is 18.2 Å². The summed E-state index contributed by atoms with van der Waals surface area (Å²) in [6.07, 6.45) is -7.06. The number of hydrogen-bond acceptors (Lipinski definition) is 5. The number of ketones is 1. The molecule has 42 heavy (non-hydrogen) atoms. The highest BCUT2D eigenvalue weighted by molar-refractivity contribution is 5.84. The number of ether oxygens (including phenoxy) is 1. The Labute approximate surface area is 239 Å². The van der Waals surface area contributed by atoms with Crippen LogP contribution in [0.4, 0.5) is 26.3 Å². The van der Waals surface area contributed by atoms with Gasteiger partial charge in [-0.25, -0.2) is 0 Å². The first-order valence-corrected chi connectivity index (χ1v) is 14.0. The summed E-state index contributed by atoms with van der Waals surface area (Å²) in [5, 5.41) is 13.5. The van der Waals surface area contributed by atoms with Gasteiger partial charge in [-0.3, -0.25) is 9.59 Å². The molecule has 2 aromatic carbocycles. The number of nitrogens with zero attached hydrogens (tertiary/aromatic N) is 1. The lowest BCUT2D eigenvalue weighted by atomic mass is 9.73. The van der Waals surface area contributed by atoms with Crippen molar-refractivity contribution in [2.75, 3.05) is 26.2 Å². The number of alkyl halides is 6. The van der Waals surface area contributed by atoms with Crippen molar-refractivity contribution in [3.05, 3.63) is 64.2 Å². The van der Waals surface area contributed by atoms with Gasteiger partial charge in [0.2, 0.25) is 5.91 Å². The van der Waals surface area contributed by atoms with Crippen LogP contribution in [-0.4, -0.2) is 47.9 Å². The number of amides is 1. The first kappa shape index (κ1) is 30.3. The molecule has 0 spiro atoms. The van der Waals surface area contributed by atoms with Crippen LogP contribution in [0, 0.1) is 11.3 Å². The summed E-state index contributed by atoms with van der Waals surface area (Å²) in [6, 6.07) is 6.60. The van der Waals surface area contributed by atoms with Gasteiger partial charge >= 0.3 is 12.4 Å². The van der Waals surface area contributed by atoms with Crippen LogP contribution in [0.15, 0.2) is 36.4 Å². The number of aliphatic hydroxyl groups excluding tert-OH is 1. The Morgan fingerprint density at radius 1 is 1.02 bits per heavy atom. The molecule has 1 saturated heterocycles. The molecule has 1 atom stereocenters. The van der Waals surface area contributed by atoms with E-state index in [4.69, 9.17) is 4.74 Å². The lowest BCUT2D eigenvalue weighted by Crippen LogP contribution is -2.49. The Balaban J connectivity index is 1.23. The van der Waals surface area contributed by atoms with Gasteiger partial charge in [0.05, 0.1) is 22.6 Å². The molecule has 6 nitrogen and oxygen atoms in total. The second-order valence-corrected chi connectivity index (χ2v) is 11.7. The number of fused-ring (bicyclic) bond motifs is 1. The zero-order valence-corrected chi connectivity index (χ0v) is 22.8. The number of nitrogens with one attached hydrogen (secondary N) is 1. The van der Waals surface area contributed by atoms with E-state index in [1.165, 1.54) is 0 Å². The minimum atomic E-state index is -4.96. The summed E-state index contributed by atoms with van der Waals surface area (Å²) in [5.41, 5.74) is -2.52. The fraction of sp³-hybridized carbons (Fsp3) is 0.533. The van der Waals surface area contributed by atoms with E-state index in [9.17, 15) is 41.0 Å². The normalized spacial score (nSPS) is 20.0. The zero-order valence-electron chi connectivity index (χ0n) is 22.8. The number of carbonyl (C=O) groups excluding carboxylic acids is 2. The molecule has 1 amide bonds. The molecule has 12 heteroatoms. The third-order valence-electron chi connectivity index (χ3n) is 8.45. The van der Waals surface area contributed by atoms with Gasteiger partial charge in [0.15, 0.2) is 5.78 Å². The van der Waals surface area contributed by atoms with Crippen molar-refractivity contribution >= 4 is 11.7 Å². The first-order chi connectivity index (χ1) is 19.7. The lowest BCUT2D eigenvalue weighted by Gasteiger charge is -2.41. The quantitative estimate of drug-likeness (QED) is 0.395. The number of benzene rings is 2. The van der Waals surface area contributed by atoms with Gasteiger partial charge in [-0.2, -0.15) is 26.3 Å². The number of likely N-dealkylation sites (tertiary alicyclic amines) is 1. The third kappa shape index (κ3) is 7.08. The maximum absolute atomic E-state index is 13.5. The molecule has 2 aliphatic heterocycles. The fourth-order valence-electron chi connectivity index (χ4n) is 5.91. The molecule has 1 saturated carbocycles. The molecule has 1 unspecified atom stereocenters. The smallest absolute Gasteiger partial charge is 0.416 e. The number of carbonyl (C=O) groups is 2. The predicted octanol–water partition coefficient (Wildman–Crippen LogP) is 5.46. The molecule has 5 rings (SSSR count). The highest BCUT2D eigenvalue weighted by Crippen LogP contribution is 2.46. The second kappa shape index (κ2) is 11.5. The van der Waals surface area contributed by atoms with Crippen LogP contribution in [0.1, 0.15) is 66.0 Å². The molecule has 1 aliphatic carbocycles. The third-order valence-corrected chi connectivity index (χ3v) is 8.45. The van der Waals surface area contributed by atoms with Crippen LogP contribution in [-0.2, 0) is 34.9 Å². The Bertz CT molecular complexity index is 1300. The molecule has 228 valence electrons. The standard InChI is InChI=1S/C30H32F6N2O4/c31-29(32,33)22-9-19(10-23(13-22)30(34,35)36)15-37-27(41)28(14-18-1-2-18)5-7-38(8-6-28)16-25(40)20-3-4-26-21(11-20)12-24(39)17-42-26/h3-4,9-11,13,18,25,40H,1-2,5-8,12,14-17H2,(H,37,41). The predicted molar refractivity (Wildman–Crippen MR) is 139 cm³/mol. The van der Waals surface area contributed by atoms with Gasteiger partial charge < -0.3 is 20.1 Å². The van der Waals surface area contributed by atoms with Crippen molar-refractivity contribution in [2.45, 2.75) is 63.5 Å². The van der Waals surface area contributed by atoms with E-state index in [0.29, 0.717) is 68.3 Å². The van der Waals surface area contributed by atoms with Crippen molar-refractivity contribution in [3.63, 3.8) is 0 Å². The molecule has 0 radical (unpaired) electrons. The van der Waals surface area contributed by atoms with E-state index in [1.807, 2.05) is 4.90 Å². The molecule has 3 aliphatic rings. The number of β-amino-alcohol motifs (C(OH)–C–C–N with tert-alkyl or cyclic N) is 1. The van der Waals surface area contributed by atoms with Crippen molar-refractivity contribution in [1.82, 2.24) is 10.2 Å². The number of halogens is 6. The summed E-state index contributed by atoms with van der Waals surface area (Å²) >= 11 is 0. The van der Waals surface area contributed by atoms with E-state index in [-0.39, 0.29) is 36.3 Å². The van der Waals surface area contributed by atoms with Gasteiger partial charge in [-0.05, 0) is 79.7 Å². The largest absolute Gasteiger partial charge is 0.486 e. The Kier molecular flexibility index (Phi) is 8.32. The summed E-state index contributed by atoms with van der Waals surface area (Å²) in [4.78, 5) is 27.2. The summed E-state index contributed by atoms with van der Waals surface area (Å²) < 4.78 is 85.0. The molecule has 0 bridgehead atoms. The number of rotatable bonds is 8. The van der Waals surface area contributed by atoms with E-state index < -0.39 is 41.5 Å². The van der Waals surface area contributed by atoms with Gasteiger partial charge in [-0.15, -0.1) is 0 Å².